The first-order chi connectivity index (χ1) is 11.6. The highest BCUT2D eigenvalue weighted by molar-refractivity contribution is 7.98. The van der Waals surface area contributed by atoms with Crippen molar-refractivity contribution in [2.45, 2.75) is 11.3 Å². The second-order valence-corrected chi connectivity index (χ2v) is 7.05. The summed E-state index contributed by atoms with van der Waals surface area (Å²) >= 11 is 3.02. The maximum atomic E-state index is 13.2. The highest BCUT2D eigenvalue weighted by Crippen LogP contribution is 2.37. The molecule has 0 saturated carbocycles. The summed E-state index contributed by atoms with van der Waals surface area (Å²) in [7, 11) is 0. The molecule has 1 N–H and O–H groups in total. The van der Waals surface area contributed by atoms with E-state index in [1.807, 2.05) is 30.5 Å². The number of benzene rings is 2. The van der Waals surface area contributed by atoms with Crippen LogP contribution in [0, 0.1) is 5.82 Å². The summed E-state index contributed by atoms with van der Waals surface area (Å²) in [6.45, 7) is 0. The van der Waals surface area contributed by atoms with Crippen LogP contribution in [0.5, 0.6) is 0 Å². The molecule has 2 aromatic carbocycles. The van der Waals surface area contributed by atoms with Crippen molar-refractivity contribution in [3.63, 3.8) is 0 Å². The summed E-state index contributed by atoms with van der Waals surface area (Å²) in [5.41, 5.74) is 2.43. The van der Waals surface area contributed by atoms with E-state index in [1.165, 1.54) is 23.5 Å². The van der Waals surface area contributed by atoms with E-state index in [9.17, 15) is 9.18 Å². The molecule has 3 nitrogen and oxygen atoms in total. The molecular formula is C18H14FNO2S2. The van der Waals surface area contributed by atoms with E-state index in [1.54, 1.807) is 23.9 Å². The number of nitrogens with zero attached hydrogens (tertiary/aromatic N) is 1. The maximum absolute atomic E-state index is 13.2. The Balaban J connectivity index is 2.09. The number of hydrogen-bond acceptors (Lipinski definition) is 4. The van der Waals surface area contributed by atoms with Gasteiger partial charge in [-0.3, -0.25) is 4.79 Å². The highest BCUT2D eigenvalue weighted by Gasteiger charge is 2.16. The average Bonchev–Trinajstić information content (AvgIpc) is 2.98. The molecule has 0 unspecified atom stereocenters. The van der Waals surface area contributed by atoms with Crippen LogP contribution >= 0.6 is 23.1 Å². The molecule has 0 atom stereocenters. The Morgan fingerprint density at radius 1 is 1.12 bits per heavy atom. The predicted octanol–water partition coefficient (Wildman–Crippen LogP) is 4.97. The first kappa shape index (κ1) is 16.7. The zero-order chi connectivity index (χ0) is 17.1. The minimum Gasteiger partial charge on any atom is -0.481 e. The van der Waals surface area contributed by atoms with Crippen molar-refractivity contribution >= 4 is 29.1 Å². The number of aromatic nitrogens is 1. The van der Waals surface area contributed by atoms with Crippen molar-refractivity contribution in [1.29, 1.82) is 0 Å². The summed E-state index contributed by atoms with van der Waals surface area (Å²) in [6, 6.07) is 14.1. The Bertz CT molecular complexity index is 858. The number of rotatable bonds is 5. The quantitative estimate of drug-likeness (QED) is 0.654. The van der Waals surface area contributed by atoms with Crippen LogP contribution < -0.4 is 0 Å². The van der Waals surface area contributed by atoms with Crippen molar-refractivity contribution in [3.05, 3.63) is 59.4 Å². The molecule has 6 heteroatoms. The van der Waals surface area contributed by atoms with Crippen molar-refractivity contribution < 1.29 is 14.3 Å². The van der Waals surface area contributed by atoms with Crippen LogP contribution in [0.3, 0.4) is 0 Å². The number of carboxylic acid groups (broad SMARTS) is 1. The van der Waals surface area contributed by atoms with Crippen molar-refractivity contribution in [1.82, 2.24) is 4.98 Å². The highest BCUT2D eigenvalue weighted by atomic mass is 32.2. The molecule has 0 aliphatic heterocycles. The molecule has 0 saturated heterocycles. The normalized spacial score (nSPS) is 10.8. The second kappa shape index (κ2) is 7.15. The Hall–Kier alpha value is -2.18. The van der Waals surface area contributed by atoms with Crippen LogP contribution in [0.4, 0.5) is 4.39 Å². The summed E-state index contributed by atoms with van der Waals surface area (Å²) in [5, 5.41) is 9.56. The molecule has 0 fully saturated rings. The van der Waals surface area contributed by atoms with Crippen LogP contribution in [0.25, 0.3) is 21.7 Å². The fraction of sp³-hybridized carbons (Fsp3) is 0.111. The van der Waals surface area contributed by atoms with Gasteiger partial charge in [-0.2, -0.15) is 0 Å². The van der Waals surface area contributed by atoms with Gasteiger partial charge in [0.2, 0.25) is 0 Å². The number of thiazole rings is 1. The molecule has 24 heavy (non-hydrogen) atoms. The number of thioether (sulfide) groups is 1. The van der Waals surface area contributed by atoms with E-state index in [0.717, 1.165) is 20.9 Å². The SMILES string of the molecule is CSc1ccc(-c2sc(CC(=O)O)nc2-c2ccc(F)cc2)cc1. The Morgan fingerprint density at radius 2 is 1.75 bits per heavy atom. The van der Waals surface area contributed by atoms with Gasteiger partial charge in [0.25, 0.3) is 0 Å². The van der Waals surface area contributed by atoms with Crippen LogP contribution in [-0.4, -0.2) is 22.3 Å². The van der Waals surface area contributed by atoms with Crippen molar-refractivity contribution in [3.8, 4) is 21.7 Å². The van der Waals surface area contributed by atoms with Crippen LogP contribution in [0.15, 0.2) is 53.4 Å². The van der Waals surface area contributed by atoms with Crippen LogP contribution in [0.1, 0.15) is 5.01 Å². The summed E-state index contributed by atoms with van der Waals surface area (Å²) < 4.78 is 13.2. The number of halogens is 1. The molecule has 0 amide bonds. The molecule has 3 rings (SSSR count). The van der Waals surface area contributed by atoms with Gasteiger partial charge in [-0.15, -0.1) is 23.1 Å². The third-order valence-corrected chi connectivity index (χ3v) is 5.29. The average molecular weight is 359 g/mol. The summed E-state index contributed by atoms with van der Waals surface area (Å²) in [4.78, 5) is 17.5. The van der Waals surface area contributed by atoms with Crippen LogP contribution in [-0.2, 0) is 11.2 Å². The molecule has 1 aromatic heterocycles. The smallest absolute Gasteiger partial charge is 0.310 e. The number of aliphatic carboxylic acids is 1. The van der Waals surface area contributed by atoms with E-state index < -0.39 is 5.97 Å². The molecule has 0 radical (unpaired) electrons. The van der Waals surface area contributed by atoms with Gasteiger partial charge in [-0.25, -0.2) is 9.37 Å². The molecule has 0 bridgehead atoms. The van der Waals surface area contributed by atoms with Crippen LogP contribution in [0.2, 0.25) is 0 Å². The third kappa shape index (κ3) is 3.66. The monoisotopic (exact) mass is 359 g/mol. The topological polar surface area (TPSA) is 50.2 Å². The molecule has 3 aromatic rings. The molecular weight excluding hydrogens is 345 g/mol. The molecule has 122 valence electrons. The standard InChI is InChI=1S/C18H14FNO2S2/c1-23-14-8-4-12(5-9-14)18-17(11-2-6-13(19)7-3-11)20-15(24-18)10-16(21)22/h2-9H,10H2,1H3,(H,21,22). The lowest BCUT2D eigenvalue weighted by Crippen LogP contribution is -1.99. The van der Waals surface area contributed by atoms with Gasteiger partial charge in [0.15, 0.2) is 0 Å². The number of carboxylic acids is 1. The zero-order valence-electron chi connectivity index (χ0n) is 12.8. The van der Waals surface area contributed by atoms with Gasteiger partial charge < -0.3 is 5.11 Å². The lowest BCUT2D eigenvalue weighted by molar-refractivity contribution is -0.136. The van der Waals surface area contributed by atoms with Gasteiger partial charge in [0, 0.05) is 10.5 Å². The van der Waals surface area contributed by atoms with E-state index in [0.29, 0.717) is 10.7 Å². The molecule has 0 aliphatic rings. The van der Waals surface area contributed by atoms with Gasteiger partial charge in [-0.1, -0.05) is 12.1 Å². The zero-order valence-corrected chi connectivity index (χ0v) is 14.5. The van der Waals surface area contributed by atoms with Crippen molar-refractivity contribution in [2.75, 3.05) is 6.26 Å². The first-order valence-electron chi connectivity index (χ1n) is 7.18. The molecule has 1 heterocycles. The van der Waals surface area contributed by atoms with E-state index in [-0.39, 0.29) is 12.2 Å². The third-order valence-electron chi connectivity index (χ3n) is 3.44. The maximum Gasteiger partial charge on any atom is 0.310 e. The largest absolute Gasteiger partial charge is 0.481 e. The minimum absolute atomic E-state index is 0.123. The number of hydrogen-bond donors (Lipinski definition) is 1. The number of carbonyl (C=O) groups is 1. The Morgan fingerprint density at radius 3 is 2.33 bits per heavy atom. The first-order valence-corrected chi connectivity index (χ1v) is 9.23. The fourth-order valence-electron chi connectivity index (χ4n) is 2.31. The fourth-order valence-corrected chi connectivity index (χ4v) is 3.80. The van der Waals surface area contributed by atoms with Gasteiger partial charge in [0.1, 0.15) is 10.8 Å². The van der Waals surface area contributed by atoms with Crippen molar-refractivity contribution in [2.24, 2.45) is 0 Å². The Kier molecular flexibility index (Phi) is 4.97. The predicted molar refractivity (Wildman–Crippen MR) is 96.1 cm³/mol. The summed E-state index contributed by atoms with van der Waals surface area (Å²) in [6.07, 6.45) is 1.89. The van der Waals surface area contributed by atoms with E-state index in [2.05, 4.69) is 4.98 Å². The lowest BCUT2D eigenvalue weighted by Gasteiger charge is -2.04. The van der Waals surface area contributed by atoms with Gasteiger partial charge in [-0.05, 0) is 48.2 Å². The van der Waals surface area contributed by atoms with Gasteiger partial charge >= 0.3 is 5.97 Å². The minimum atomic E-state index is -0.918. The summed E-state index contributed by atoms with van der Waals surface area (Å²) in [5.74, 6) is -1.23. The lowest BCUT2D eigenvalue weighted by atomic mass is 10.1. The Labute approximate surface area is 147 Å². The van der Waals surface area contributed by atoms with E-state index >= 15 is 0 Å². The second-order valence-electron chi connectivity index (χ2n) is 5.09. The van der Waals surface area contributed by atoms with Gasteiger partial charge in [0.05, 0.1) is 17.0 Å². The molecule has 0 aliphatic carbocycles. The van der Waals surface area contributed by atoms with E-state index in [4.69, 9.17) is 5.11 Å². The molecule has 0 spiro atoms.